The fraction of sp³-hybridized carbons (Fsp3) is 0. The second-order valence-corrected chi connectivity index (χ2v) is 13.6. The second-order valence-electron chi connectivity index (χ2n) is 12.5. The smallest absolute Gasteiger partial charge is 0.0640 e. The molecule has 1 nitrogen and oxygen atoms in total. The van der Waals surface area contributed by atoms with Crippen molar-refractivity contribution in [1.82, 2.24) is 0 Å². The molecule has 0 saturated heterocycles. The van der Waals surface area contributed by atoms with E-state index in [-0.39, 0.29) is 0 Å². The predicted molar refractivity (Wildman–Crippen MR) is 209 cm³/mol. The van der Waals surface area contributed by atoms with Crippen molar-refractivity contribution in [3.63, 3.8) is 0 Å². The summed E-state index contributed by atoms with van der Waals surface area (Å²) in [6.45, 7) is 0. The lowest BCUT2D eigenvalue weighted by molar-refractivity contribution is 1.33. The van der Waals surface area contributed by atoms with Crippen LogP contribution in [0.1, 0.15) is 0 Å². The highest BCUT2D eigenvalue weighted by atomic mass is 32.1. The van der Waals surface area contributed by atoms with Gasteiger partial charge in [-0.05, 0) is 85.2 Å². The van der Waals surface area contributed by atoms with Crippen molar-refractivity contribution >= 4 is 91.7 Å². The van der Waals surface area contributed by atoms with Crippen molar-refractivity contribution in [3.8, 4) is 11.1 Å². The van der Waals surface area contributed by atoms with Crippen molar-refractivity contribution in [3.05, 3.63) is 176 Å². The van der Waals surface area contributed by atoms with Gasteiger partial charge >= 0.3 is 0 Å². The summed E-state index contributed by atoms with van der Waals surface area (Å²) in [6, 6.07) is 64.6. The number of anilines is 3. The summed E-state index contributed by atoms with van der Waals surface area (Å²) in [5.74, 6) is 0. The highest BCUT2D eigenvalue weighted by molar-refractivity contribution is 7.26. The number of benzene rings is 9. The average Bonchev–Trinajstić information content (AvgIpc) is 3.52. The minimum Gasteiger partial charge on any atom is -0.308 e. The lowest BCUT2D eigenvalue weighted by Crippen LogP contribution is -2.11. The van der Waals surface area contributed by atoms with Crippen molar-refractivity contribution in [2.24, 2.45) is 0 Å². The van der Waals surface area contributed by atoms with E-state index in [2.05, 4.69) is 181 Å². The molecule has 224 valence electrons. The molecule has 0 radical (unpaired) electrons. The van der Waals surface area contributed by atoms with Crippen LogP contribution in [0.5, 0.6) is 0 Å². The van der Waals surface area contributed by atoms with Gasteiger partial charge in [0.2, 0.25) is 0 Å². The first-order chi connectivity index (χ1) is 23.8. The second kappa shape index (κ2) is 10.8. The molecule has 0 spiro atoms. The van der Waals surface area contributed by atoms with Gasteiger partial charge in [0.15, 0.2) is 0 Å². The van der Waals surface area contributed by atoms with Crippen LogP contribution in [0.25, 0.3) is 74.4 Å². The predicted octanol–water partition coefficient (Wildman–Crippen LogP) is 13.8. The zero-order valence-corrected chi connectivity index (χ0v) is 26.9. The molecule has 0 fully saturated rings. The van der Waals surface area contributed by atoms with Crippen molar-refractivity contribution in [1.29, 1.82) is 0 Å². The van der Waals surface area contributed by atoms with Crippen LogP contribution in [-0.2, 0) is 0 Å². The van der Waals surface area contributed by atoms with E-state index in [9.17, 15) is 0 Å². The molecule has 0 aliphatic rings. The largest absolute Gasteiger partial charge is 0.308 e. The lowest BCUT2D eigenvalue weighted by atomic mass is 9.95. The van der Waals surface area contributed by atoms with Gasteiger partial charge in [-0.2, -0.15) is 0 Å². The number of rotatable bonds is 4. The van der Waals surface area contributed by atoms with E-state index in [0.717, 1.165) is 5.69 Å². The summed E-state index contributed by atoms with van der Waals surface area (Å²) in [7, 11) is 0. The molecular formula is C46H29NS. The molecule has 48 heavy (non-hydrogen) atoms. The van der Waals surface area contributed by atoms with Crippen LogP contribution < -0.4 is 4.90 Å². The van der Waals surface area contributed by atoms with Gasteiger partial charge in [-0.25, -0.2) is 0 Å². The Morgan fingerprint density at radius 3 is 1.75 bits per heavy atom. The van der Waals surface area contributed by atoms with Crippen LogP contribution in [0, 0.1) is 0 Å². The Morgan fingerprint density at radius 1 is 0.354 bits per heavy atom. The van der Waals surface area contributed by atoms with Gasteiger partial charge in [0.05, 0.1) is 16.1 Å². The van der Waals surface area contributed by atoms with Crippen molar-refractivity contribution in [2.75, 3.05) is 4.90 Å². The van der Waals surface area contributed by atoms with Crippen LogP contribution in [0.15, 0.2) is 176 Å². The topological polar surface area (TPSA) is 3.24 Å². The lowest BCUT2D eigenvalue weighted by Gasteiger charge is -2.29. The Bertz CT molecular complexity index is 2850. The Kier molecular flexibility index (Phi) is 6.12. The van der Waals surface area contributed by atoms with E-state index in [0.29, 0.717) is 0 Å². The Balaban J connectivity index is 1.34. The van der Waals surface area contributed by atoms with E-state index in [1.54, 1.807) is 0 Å². The standard InChI is InChI=1S/C46H29NS/c1-2-13-30(14-3-1)41-29-35(25-33-17-6-9-20-37(33)41)47(44-27-34-18-7-8-19-36(34)38-21-10-11-22-39(38)44)43-24-12-23-40-42-26-31-15-4-5-16-32(31)28-45(42)48-46(40)43/h1-29H. The summed E-state index contributed by atoms with van der Waals surface area (Å²) < 4.78 is 2.59. The number of hydrogen-bond acceptors (Lipinski definition) is 2. The van der Waals surface area contributed by atoms with Crippen LogP contribution in [0.4, 0.5) is 17.1 Å². The first-order valence-electron chi connectivity index (χ1n) is 16.4. The zero-order chi connectivity index (χ0) is 31.6. The SMILES string of the molecule is c1ccc(-c2cc(N(c3cc4ccccc4c4ccccc34)c3cccc4c3sc3cc5ccccc5cc34)cc3ccccc23)cc1. The summed E-state index contributed by atoms with van der Waals surface area (Å²) >= 11 is 1.89. The molecule has 0 N–H and O–H groups in total. The Hall–Kier alpha value is -5.96. The molecule has 0 amide bonds. The maximum Gasteiger partial charge on any atom is 0.0640 e. The molecule has 1 aromatic heterocycles. The molecule has 9 aromatic carbocycles. The highest BCUT2D eigenvalue weighted by Gasteiger charge is 2.22. The first kappa shape index (κ1) is 27.2. The van der Waals surface area contributed by atoms with Crippen molar-refractivity contribution in [2.45, 2.75) is 0 Å². The van der Waals surface area contributed by atoms with E-state index >= 15 is 0 Å². The summed E-state index contributed by atoms with van der Waals surface area (Å²) in [5.41, 5.74) is 5.95. The van der Waals surface area contributed by atoms with E-state index in [1.807, 2.05) is 11.3 Å². The number of thiophene rings is 1. The first-order valence-corrected chi connectivity index (χ1v) is 17.2. The molecule has 1 heterocycles. The molecule has 2 heteroatoms. The third-order valence-electron chi connectivity index (χ3n) is 9.76. The molecule has 10 rings (SSSR count). The molecule has 0 bridgehead atoms. The third-order valence-corrected chi connectivity index (χ3v) is 11.0. The fourth-order valence-corrected chi connectivity index (χ4v) is 8.79. The molecule has 0 aliphatic carbocycles. The summed E-state index contributed by atoms with van der Waals surface area (Å²) in [6.07, 6.45) is 0. The number of nitrogens with zero attached hydrogens (tertiary/aromatic N) is 1. The molecule has 10 aromatic rings. The van der Waals surface area contributed by atoms with Crippen LogP contribution >= 0.6 is 11.3 Å². The molecule has 0 atom stereocenters. The van der Waals surface area contributed by atoms with Gasteiger partial charge in [0.1, 0.15) is 0 Å². The summed E-state index contributed by atoms with van der Waals surface area (Å²) in [5, 5.41) is 12.6. The third kappa shape index (κ3) is 4.24. The number of hydrogen-bond donors (Lipinski definition) is 0. The van der Waals surface area contributed by atoms with Crippen LogP contribution in [0.2, 0.25) is 0 Å². The van der Waals surface area contributed by atoms with Gasteiger partial charge in [0, 0.05) is 26.5 Å². The highest BCUT2D eigenvalue weighted by Crippen LogP contribution is 2.49. The maximum absolute atomic E-state index is 2.52. The number of fused-ring (bicyclic) bond motifs is 8. The van der Waals surface area contributed by atoms with E-state index < -0.39 is 0 Å². The van der Waals surface area contributed by atoms with Gasteiger partial charge in [-0.15, -0.1) is 11.3 Å². The molecule has 0 saturated carbocycles. The molecule has 0 aliphatic heterocycles. The van der Waals surface area contributed by atoms with Crippen molar-refractivity contribution < 1.29 is 0 Å². The van der Waals surface area contributed by atoms with Crippen LogP contribution in [-0.4, -0.2) is 0 Å². The maximum atomic E-state index is 2.52. The molecular weight excluding hydrogens is 599 g/mol. The average molecular weight is 628 g/mol. The van der Waals surface area contributed by atoms with Gasteiger partial charge in [-0.3, -0.25) is 0 Å². The fourth-order valence-electron chi connectivity index (χ4n) is 7.55. The Morgan fingerprint density at radius 2 is 0.958 bits per heavy atom. The quantitative estimate of drug-likeness (QED) is 0.176. The van der Waals surface area contributed by atoms with Gasteiger partial charge in [-0.1, -0.05) is 140 Å². The monoisotopic (exact) mass is 627 g/mol. The minimum absolute atomic E-state index is 1.14. The van der Waals surface area contributed by atoms with Gasteiger partial charge < -0.3 is 4.90 Å². The van der Waals surface area contributed by atoms with Crippen LogP contribution in [0.3, 0.4) is 0 Å². The molecule has 0 unspecified atom stereocenters. The normalized spacial score (nSPS) is 11.8. The summed E-state index contributed by atoms with van der Waals surface area (Å²) in [4.78, 5) is 2.52. The minimum atomic E-state index is 1.14. The Labute approximate surface area is 282 Å². The van der Waals surface area contributed by atoms with E-state index in [4.69, 9.17) is 0 Å². The van der Waals surface area contributed by atoms with E-state index in [1.165, 1.54) is 85.8 Å². The zero-order valence-electron chi connectivity index (χ0n) is 26.1. The van der Waals surface area contributed by atoms with Gasteiger partial charge in [0.25, 0.3) is 0 Å².